The first kappa shape index (κ1) is 21.2. The van der Waals surface area contributed by atoms with Crippen LogP contribution in [-0.4, -0.2) is 51.6 Å². The van der Waals surface area contributed by atoms with E-state index in [-0.39, 0.29) is 24.6 Å². The molecule has 0 aromatic heterocycles. The summed E-state index contributed by atoms with van der Waals surface area (Å²) in [7, 11) is 0. The predicted molar refractivity (Wildman–Crippen MR) is 107 cm³/mol. The lowest BCUT2D eigenvalue weighted by molar-refractivity contribution is -0.131. The average Bonchev–Trinajstić information content (AvgIpc) is 3.00. The van der Waals surface area contributed by atoms with E-state index in [4.69, 9.17) is 11.6 Å². The van der Waals surface area contributed by atoms with E-state index < -0.39 is 0 Å². The van der Waals surface area contributed by atoms with Crippen molar-refractivity contribution in [2.45, 2.75) is 84.1 Å². The van der Waals surface area contributed by atoms with Gasteiger partial charge in [-0.05, 0) is 44.7 Å². The molecule has 1 saturated heterocycles. The van der Waals surface area contributed by atoms with Gasteiger partial charge in [-0.1, -0.05) is 43.6 Å². The van der Waals surface area contributed by atoms with Crippen LogP contribution in [0.25, 0.3) is 0 Å². The van der Waals surface area contributed by atoms with E-state index in [0.29, 0.717) is 30.1 Å². The number of halogens is 1. The number of aliphatic hydroxyl groups is 1. The highest BCUT2D eigenvalue weighted by Gasteiger charge is 2.41. The molecular weight excluding hydrogens is 348 g/mol. The second-order valence-corrected chi connectivity index (χ2v) is 7.84. The SMILES string of the molecule is CC[C@H](C)N([C@H](CO)[C@@H]1CCC(=O)N1Cc1ccccc1Cl)[C@@H](C)CC. The Morgan fingerprint density at radius 2 is 1.85 bits per heavy atom. The third-order valence-corrected chi connectivity index (χ3v) is 6.26. The van der Waals surface area contributed by atoms with Gasteiger partial charge in [0.25, 0.3) is 0 Å². The first-order valence-corrected chi connectivity index (χ1v) is 10.2. The maximum Gasteiger partial charge on any atom is 0.223 e. The molecule has 146 valence electrons. The van der Waals surface area contributed by atoms with E-state index in [1.165, 1.54) is 0 Å². The van der Waals surface area contributed by atoms with Gasteiger partial charge in [0.1, 0.15) is 0 Å². The maximum absolute atomic E-state index is 12.6. The normalized spacial score (nSPS) is 21.3. The largest absolute Gasteiger partial charge is 0.395 e. The molecule has 26 heavy (non-hydrogen) atoms. The van der Waals surface area contributed by atoms with Gasteiger partial charge in [-0.2, -0.15) is 0 Å². The number of hydrogen-bond acceptors (Lipinski definition) is 3. The molecule has 0 saturated carbocycles. The number of aliphatic hydroxyl groups excluding tert-OH is 1. The van der Waals surface area contributed by atoms with E-state index in [1.807, 2.05) is 29.2 Å². The van der Waals surface area contributed by atoms with E-state index in [1.54, 1.807) is 0 Å². The molecule has 5 heteroatoms. The van der Waals surface area contributed by atoms with Gasteiger partial charge < -0.3 is 10.0 Å². The molecular formula is C21H33ClN2O2. The van der Waals surface area contributed by atoms with Crippen LogP contribution < -0.4 is 0 Å². The van der Waals surface area contributed by atoms with Crippen LogP contribution in [-0.2, 0) is 11.3 Å². The molecule has 0 bridgehead atoms. The summed E-state index contributed by atoms with van der Waals surface area (Å²) in [6, 6.07) is 8.38. The van der Waals surface area contributed by atoms with Crippen molar-refractivity contribution in [2.75, 3.05) is 6.61 Å². The molecule has 1 aromatic rings. The smallest absolute Gasteiger partial charge is 0.223 e. The van der Waals surface area contributed by atoms with Gasteiger partial charge in [-0.3, -0.25) is 9.69 Å². The van der Waals surface area contributed by atoms with E-state index in [2.05, 4.69) is 32.6 Å². The van der Waals surface area contributed by atoms with Crippen LogP contribution in [0.5, 0.6) is 0 Å². The fourth-order valence-corrected chi connectivity index (χ4v) is 4.29. The summed E-state index contributed by atoms with van der Waals surface area (Å²) >= 11 is 6.32. The number of carbonyl (C=O) groups excluding carboxylic acids is 1. The molecule has 0 spiro atoms. The Bertz CT molecular complexity index is 585. The second kappa shape index (κ2) is 9.72. The van der Waals surface area contributed by atoms with Crippen LogP contribution in [0.1, 0.15) is 58.9 Å². The number of likely N-dealkylation sites (tertiary alicyclic amines) is 1. The summed E-state index contributed by atoms with van der Waals surface area (Å²) in [6.07, 6.45) is 3.37. The predicted octanol–water partition coefficient (Wildman–Crippen LogP) is 4.09. The molecule has 0 unspecified atom stereocenters. The van der Waals surface area contributed by atoms with Crippen molar-refractivity contribution >= 4 is 17.5 Å². The maximum atomic E-state index is 12.6. The minimum atomic E-state index is -0.0474. The molecule has 4 nitrogen and oxygen atoms in total. The van der Waals surface area contributed by atoms with Crippen LogP contribution in [0.2, 0.25) is 5.02 Å². The number of nitrogens with zero attached hydrogens (tertiary/aromatic N) is 2. The van der Waals surface area contributed by atoms with Crippen LogP contribution in [0.4, 0.5) is 0 Å². The fourth-order valence-electron chi connectivity index (χ4n) is 4.10. The van der Waals surface area contributed by atoms with Crippen LogP contribution >= 0.6 is 11.6 Å². The summed E-state index contributed by atoms with van der Waals surface area (Å²) in [5.41, 5.74) is 0.963. The van der Waals surface area contributed by atoms with Crippen LogP contribution in [0.15, 0.2) is 24.3 Å². The molecule has 1 heterocycles. The standard InChI is InChI=1S/C21H33ClN2O2/c1-5-15(3)24(16(4)6-2)20(14-25)19-11-12-21(26)23(19)13-17-9-7-8-10-18(17)22/h7-10,15-16,19-20,25H,5-6,11-14H2,1-4H3/t15-,16-,19-,20+/m0/s1. The number of hydrogen-bond donors (Lipinski definition) is 1. The third-order valence-electron chi connectivity index (χ3n) is 5.89. The van der Waals surface area contributed by atoms with Crippen molar-refractivity contribution < 1.29 is 9.90 Å². The average molecular weight is 381 g/mol. The zero-order valence-corrected chi connectivity index (χ0v) is 17.2. The van der Waals surface area contributed by atoms with Crippen molar-refractivity contribution in [1.82, 2.24) is 9.80 Å². The molecule has 1 amide bonds. The molecule has 1 fully saturated rings. The molecule has 1 aliphatic heterocycles. The highest BCUT2D eigenvalue weighted by atomic mass is 35.5. The first-order chi connectivity index (χ1) is 12.4. The van der Waals surface area contributed by atoms with Crippen molar-refractivity contribution in [3.63, 3.8) is 0 Å². The third kappa shape index (κ3) is 4.59. The van der Waals surface area contributed by atoms with Gasteiger partial charge in [0.2, 0.25) is 5.91 Å². The van der Waals surface area contributed by atoms with E-state index in [0.717, 1.165) is 24.8 Å². The first-order valence-electron chi connectivity index (χ1n) is 9.85. The summed E-state index contributed by atoms with van der Waals surface area (Å²) in [4.78, 5) is 17.0. The number of rotatable bonds is 9. The van der Waals surface area contributed by atoms with Gasteiger partial charge in [-0.15, -0.1) is 0 Å². The van der Waals surface area contributed by atoms with Crippen molar-refractivity contribution in [2.24, 2.45) is 0 Å². The molecule has 4 atom stereocenters. The van der Waals surface area contributed by atoms with Gasteiger partial charge in [0.15, 0.2) is 0 Å². The van der Waals surface area contributed by atoms with Crippen molar-refractivity contribution in [3.8, 4) is 0 Å². The summed E-state index contributed by atoms with van der Waals surface area (Å²) in [6.45, 7) is 9.35. The van der Waals surface area contributed by atoms with Gasteiger partial charge in [0.05, 0.1) is 18.7 Å². The Labute approximate surface area is 163 Å². The second-order valence-electron chi connectivity index (χ2n) is 7.43. The Morgan fingerprint density at radius 1 is 1.23 bits per heavy atom. The quantitative estimate of drug-likeness (QED) is 0.701. The lowest BCUT2D eigenvalue weighted by Crippen LogP contribution is -2.57. The number of benzene rings is 1. The minimum Gasteiger partial charge on any atom is -0.395 e. The van der Waals surface area contributed by atoms with Gasteiger partial charge >= 0.3 is 0 Å². The Hall–Kier alpha value is -1.10. The zero-order chi connectivity index (χ0) is 19.3. The van der Waals surface area contributed by atoms with Crippen LogP contribution in [0.3, 0.4) is 0 Å². The molecule has 1 N–H and O–H groups in total. The summed E-state index contributed by atoms with van der Waals surface area (Å²) < 4.78 is 0. The van der Waals surface area contributed by atoms with Crippen molar-refractivity contribution in [3.05, 3.63) is 34.9 Å². The highest BCUT2D eigenvalue weighted by Crippen LogP contribution is 2.30. The molecule has 0 aliphatic carbocycles. The monoisotopic (exact) mass is 380 g/mol. The summed E-state index contributed by atoms with van der Waals surface area (Å²) in [5.74, 6) is 0.154. The van der Waals surface area contributed by atoms with Crippen molar-refractivity contribution in [1.29, 1.82) is 0 Å². The Kier molecular flexibility index (Phi) is 7.93. The number of amides is 1. The molecule has 1 aromatic carbocycles. The van der Waals surface area contributed by atoms with E-state index in [9.17, 15) is 9.90 Å². The topological polar surface area (TPSA) is 43.8 Å². The van der Waals surface area contributed by atoms with Gasteiger partial charge in [0, 0.05) is 30.1 Å². The summed E-state index contributed by atoms with van der Waals surface area (Å²) in [5, 5.41) is 11.0. The zero-order valence-electron chi connectivity index (χ0n) is 16.5. The van der Waals surface area contributed by atoms with E-state index >= 15 is 0 Å². The number of carbonyl (C=O) groups is 1. The van der Waals surface area contributed by atoms with Crippen LogP contribution in [0, 0.1) is 0 Å². The molecule has 1 aliphatic rings. The fraction of sp³-hybridized carbons (Fsp3) is 0.667. The minimum absolute atomic E-state index is 0.0202. The van der Waals surface area contributed by atoms with Gasteiger partial charge in [-0.25, -0.2) is 0 Å². The lowest BCUT2D eigenvalue weighted by atomic mass is 9.98. The molecule has 0 radical (unpaired) electrons. The Balaban J connectivity index is 2.29. The lowest BCUT2D eigenvalue weighted by Gasteiger charge is -2.44. The molecule has 2 rings (SSSR count). The highest BCUT2D eigenvalue weighted by molar-refractivity contribution is 6.31. The Morgan fingerprint density at radius 3 is 2.38 bits per heavy atom.